The van der Waals surface area contributed by atoms with E-state index < -0.39 is 0 Å². The molecule has 78 valence electrons. The molecule has 0 aromatic rings. The predicted octanol–water partition coefficient (Wildman–Crippen LogP) is 1.93. The Morgan fingerprint density at radius 3 is 2.77 bits per heavy atom. The van der Waals surface area contributed by atoms with Gasteiger partial charge in [-0.3, -0.25) is 0 Å². The first-order valence-corrected chi connectivity index (χ1v) is 5.41. The Labute approximate surface area is 81.7 Å². The molecule has 0 aromatic heterocycles. The zero-order valence-electron chi connectivity index (χ0n) is 9.14. The quantitative estimate of drug-likeness (QED) is 0.704. The summed E-state index contributed by atoms with van der Waals surface area (Å²) in [5.74, 6) is 0. The number of hydrogen-bond donors (Lipinski definition) is 2. The average molecular weight is 185 g/mol. The van der Waals surface area contributed by atoms with Crippen LogP contribution in [0.3, 0.4) is 0 Å². The molecule has 1 aliphatic carbocycles. The van der Waals surface area contributed by atoms with Gasteiger partial charge in [0.25, 0.3) is 0 Å². The smallest absolute Gasteiger partial charge is 0.0636 e. The minimum Gasteiger partial charge on any atom is -0.392 e. The maximum absolute atomic E-state index is 9.15. The number of nitrogens with one attached hydrogen (secondary N) is 1. The largest absolute Gasteiger partial charge is 0.392 e. The second-order valence-electron chi connectivity index (χ2n) is 5.21. The van der Waals surface area contributed by atoms with Crippen LogP contribution in [0.25, 0.3) is 0 Å². The monoisotopic (exact) mass is 185 g/mol. The zero-order chi connectivity index (χ0) is 9.90. The molecule has 2 N–H and O–H groups in total. The lowest BCUT2D eigenvalue weighted by Crippen LogP contribution is -2.40. The fourth-order valence-corrected chi connectivity index (χ4v) is 2.21. The molecule has 2 nitrogen and oxygen atoms in total. The molecule has 1 rings (SSSR count). The van der Waals surface area contributed by atoms with Crippen molar-refractivity contribution in [1.82, 2.24) is 5.32 Å². The molecule has 2 atom stereocenters. The highest BCUT2D eigenvalue weighted by molar-refractivity contribution is 4.83. The Hall–Kier alpha value is -0.0800. The van der Waals surface area contributed by atoms with Crippen LogP contribution in [0.1, 0.15) is 46.5 Å². The molecule has 1 aliphatic rings. The summed E-state index contributed by atoms with van der Waals surface area (Å²) in [5.41, 5.74) is 0.495. The highest BCUT2D eigenvalue weighted by Crippen LogP contribution is 2.34. The van der Waals surface area contributed by atoms with E-state index in [1.54, 1.807) is 0 Å². The first kappa shape index (κ1) is 11.0. The van der Waals surface area contributed by atoms with E-state index in [1.807, 2.05) is 6.92 Å². The van der Waals surface area contributed by atoms with Gasteiger partial charge < -0.3 is 10.4 Å². The molecular weight excluding hydrogens is 162 g/mol. The molecule has 0 heterocycles. The standard InChI is InChI=1S/C11H23NO/c1-9(13)8-12-10-5-4-6-11(2,3)7-10/h9-10,12-13H,4-8H2,1-3H3/t9-,10+/m0/s1. The summed E-state index contributed by atoms with van der Waals surface area (Å²) in [4.78, 5) is 0. The molecule has 0 saturated heterocycles. The Kier molecular flexibility index (Phi) is 3.74. The van der Waals surface area contributed by atoms with Crippen molar-refractivity contribution in [3.8, 4) is 0 Å². The van der Waals surface area contributed by atoms with Crippen LogP contribution in [0, 0.1) is 5.41 Å². The van der Waals surface area contributed by atoms with E-state index in [1.165, 1.54) is 25.7 Å². The summed E-state index contributed by atoms with van der Waals surface area (Å²) < 4.78 is 0. The van der Waals surface area contributed by atoms with Crippen LogP contribution in [-0.4, -0.2) is 23.8 Å². The van der Waals surface area contributed by atoms with Gasteiger partial charge in [-0.25, -0.2) is 0 Å². The minimum atomic E-state index is -0.218. The summed E-state index contributed by atoms with van der Waals surface area (Å²) in [6.07, 6.45) is 4.98. The van der Waals surface area contributed by atoms with Crippen molar-refractivity contribution < 1.29 is 5.11 Å². The van der Waals surface area contributed by atoms with E-state index in [9.17, 15) is 0 Å². The molecule has 0 radical (unpaired) electrons. The highest BCUT2D eigenvalue weighted by atomic mass is 16.3. The van der Waals surface area contributed by atoms with Gasteiger partial charge in [0.05, 0.1) is 6.10 Å². The van der Waals surface area contributed by atoms with Crippen LogP contribution in [0.5, 0.6) is 0 Å². The number of hydrogen-bond acceptors (Lipinski definition) is 2. The molecule has 0 bridgehead atoms. The van der Waals surface area contributed by atoms with Gasteiger partial charge >= 0.3 is 0 Å². The second kappa shape index (κ2) is 4.43. The van der Waals surface area contributed by atoms with Crippen molar-refractivity contribution in [2.45, 2.75) is 58.6 Å². The number of aliphatic hydroxyl groups excluding tert-OH is 1. The first-order chi connectivity index (χ1) is 5.99. The third-order valence-electron chi connectivity index (χ3n) is 2.91. The molecule has 0 aromatic carbocycles. The summed E-state index contributed by atoms with van der Waals surface area (Å²) in [5, 5.41) is 12.6. The molecular formula is C11H23NO. The van der Waals surface area contributed by atoms with Gasteiger partial charge in [0.1, 0.15) is 0 Å². The SMILES string of the molecule is C[C@H](O)CN[C@@H]1CCCC(C)(C)C1. The predicted molar refractivity (Wildman–Crippen MR) is 55.7 cm³/mol. The first-order valence-electron chi connectivity index (χ1n) is 5.41. The Morgan fingerprint density at radius 1 is 1.54 bits per heavy atom. The molecule has 0 amide bonds. The van der Waals surface area contributed by atoms with Gasteiger partial charge in [0.2, 0.25) is 0 Å². The van der Waals surface area contributed by atoms with Crippen molar-refractivity contribution in [1.29, 1.82) is 0 Å². The minimum absolute atomic E-state index is 0.218. The van der Waals surface area contributed by atoms with E-state index in [0.29, 0.717) is 11.5 Å². The van der Waals surface area contributed by atoms with E-state index in [2.05, 4.69) is 19.2 Å². The van der Waals surface area contributed by atoms with Crippen LogP contribution in [0.2, 0.25) is 0 Å². The zero-order valence-corrected chi connectivity index (χ0v) is 9.14. The van der Waals surface area contributed by atoms with Crippen molar-refractivity contribution in [3.63, 3.8) is 0 Å². The van der Waals surface area contributed by atoms with E-state index in [-0.39, 0.29) is 6.10 Å². The van der Waals surface area contributed by atoms with Gasteiger partial charge in [0.15, 0.2) is 0 Å². The van der Waals surface area contributed by atoms with E-state index in [0.717, 1.165) is 6.54 Å². The van der Waals surface area contributed by atoms with Crippen LogP contribution in [0.15, 0.2) is 0 Å². The fraction of sp³-hybridized carbons (Fsp3) is 1.00. The van der Waals surface area contributed by atoms with Crippen molar-refractivity contribution in [2.75, 3.05) is 6.54 Å². The fourth-order valence-electron chi connectivity index (χ4n) is 2.21. The molecule has 0 spiro atoms. The number of rotatable bonds is 3. The summed E-state index contributed by atoms with van der Waals surface area (Å²) in [6.45, 7) is 7.24. The Balaban J connectivity index is 2.26. The lowest BCUT2D eigenvalue weighted by Gasteiger charge is -2.35. The molecule has 13 heavy (non-hydrogen) atoms. The van der Waals surface area contributed by atoms with E-state index in [4.69, 9.17) is 5.11 Å². The molecule has 1 saturated carbocycles. The number of aliphatic hydroxyl groups is 1. The van der Waals surface area contributed by atoms with Crippen LogP contribution in [-0.2, 0) is 0 Å². The van der Waals surface area contributed by atoms with Gasteiger partial charge in [-0.15, -0.1) is 0 Å². The van der Waals surface area contributed by atoms with Gasteiger partial charge in [-0.05, 0) is 31.6 Å². The Morgan fingerprint density at radius 2 is 2.23 bits per heavy atom. The summed E-state index contributed by atoms with van der Waals surface area (Å²) in [6, 6.07) is 0.623. The van der Waals surface area contributed by atoms with E-state index >= 15 is 0 Å². The third-order valence-corrected chi connectivity index (χ3v) is 2.91. The molecule has 1 fully saturated rings. The van der Waals surface area contributed by atoms with Gasteiger partial charge in [-0.1, -0.05) is 20.3 Å². The lowest BCUT2D eigenvalue weighted by atomic mass is 9.75. The van der Waals surface area contributed by atoms with Crippen molar-refractivity contribution in [2.24, 2.45) is 5.41 Å². The molecule has 0 unspecified atom stereocenters. The van der Waals surface area contributed by atoms with Crippen LogP contribution in [0.4, 0.5) is 0 Å². The lowest BCUT2D eigenvalue weighted by molar-refractivity contribution is 0.157. The van der Waals surface area contributed by atoms with Gasteiger partial charge in [-0.2, -0.15) is 0 Å². The van der Waals surface area contributed by atoms with Crippen molar-refractivity contribution >= 4 is 0 Å². The summed E-state index contributed by atoms with van der Waals surface area (Å²) >= 11 is 0. The summed E-state index contributed by atoms with van der Waals surface area (Å²) in [7, 11) is 0. The second-order valence-corrected chi connectivity index (χ2v) is 5.21. The maximum atomic E-state index is 9.15. The topological polar surface area (TPSA) is 32.3 Å². The van der Waals surface area contributed by atoms with Crippen LogP contribution < -0.4 is 5.32 Å². The van der Waals surface area contributed by atoms with Gasteiger partial charge in [0, 0.05) is 12.6 Å². The normalized spacial score (nSPS) is 30.0. The highest BCUT2D eigenvalue weighted by Gasteiger charge is 2.27. The van der Waals surface area contributed by atoms with Crippen molar-refractivity contribution in [3.05, 3.63) is 0 Å². The third kappa shape index (κ3) is 4.10. The Bertz CT molecular complexity index is 154. The average Bonchev–Trinajstić information content (AvgIpc) is 1.99. The van der Waals surface area contributed by atoms with Crippen LogP contribution >= 0.6 is 0 Å². The molecule has 2 heteroatoms. The maximum Gasteiger partial charge on any atom is 0.0636 e. The molecule has 0 aliphatic heterocycles.